The zero-order valence-corrected chi connectivity index (χ0v) is 12.6. The molecule has 2 N–H and O–H groups in total. The molecule has 0 aliphatic carbocycles. The first-order valence-corrected chi connectivity index (χ1v) is 7.64. The molecule has 2 rings (SSSR count). The van der Waals surface area contributed by atoms with Crippen molar-refractivity contribution >= 4 is 5.91 Å². The molecule has 112 valence electrons. The zero-order chi connectivity index (χ0) is 14.4. The van der Waals surface area contributed by atoms with E-state index in [1.54, 1.807) is 4.68 Å². The predicted octanol–water partition coefficient (Wildman–Crippen LogP) is 1.25. The van der Waals surface area contributed by atoms with Crippen LogP contribution in [0.3, 0.4) is 0 Å². The molecule has 1 aromatic heterocycles. The average Bonchev–Trinajstić information content (AvgIpc) is 2.86. The van der Waals surface area contributed by atoms with Crippen LogP contribution in [0.15, 0.2) is 12.3 Å². The van der Waals surface area contributed by atoms with E-state index in [1.807, 2.05) is 19.3 Å². The summed E-state index contributed by atoms with van der Waals surface area (Å²) in [6.07, 6.45) is 6.69. The van der Waals surface area contributed by atoms with E-state index in [-0.39, 0.29) is 11.3 Å². The van der Waals surface area contributed by atoms with Crippen LogP contribution in [0.4, 0.5) is 0 Å². The number of aryl methyl sites for hydroxylation is 1. The van der Waals surface area contributed by atoms with Crippen molar-refractivity contribution in [3.8, 4) is 0 Å². The van der Waals surface area contributed by atoms with Gasteiger partial charge in [0.05, 0.1) is 11.1 Å². The van der Waals surface area contributed by atoms with Gasteiger partial charge in [-0.3, -0.25) is 9.48 Å². The fourth-order valence-electron chi connectivity index (χ4n) is 3.06. The van der Waals surface area contributed by atoms with Gasteiger partial charge in [0.1, 0.15) is 0 Å². The second-order valence-corrected chi connectivity index (χ2v) is 5.77. The number of amides is 1. The smallest absolute Gasteiger partial charge is 0.226 e. The van der Waals surface area contributed by atoms with Crippen molar-refractivity contribution in [1.29, 1.82) is 0 Å². The van der Waals surface area contributed by atoms with E-state index in [1.165, 1.54) is 0 Å². The monoisotopic (exact) mass is 278 g/mol. The molecular weight excluding hydrogens is 252 g/mol. The highest BCUT2D eigenvalue weighted by atomic mass is 16.2. The number of carbonyl (C=O) groups excluding carboxylic acids is 1. The highest BCUT2D eigenvalue weighted by molar-refractivity contribution is 5.82. The second-order valence-electron chi connectivity index (χ2n) is 5.77. The quantitative estimate of drug-likeness (QED) is 0.823. The summed E-state index contributed by atoms with van der Waals surface area (Å²) in [6.45, 7) is 4.74. The maximum Gasteiger partial charge on any atom is 0.226 e. The van der Waals surface area contributed by atoms with Crippen molar-refractivity contribution in [1.82, 2.24) is 20.4 Å². The maximum absolute atomic E-state index is 12.5. The fourth-order valence-corrected chi connectivity index (χ4v) is 3.06. The van der Waals surface area contributed by atoms with E-state index in [2.05, 4.69) is 22.7 Å². The van der Waals surface area contributed by atoms with Crippen molar-refractivity contribution in [2.45, 2.75) is 39.0 Å². The Morgan fingerprint density at radius 3 is 2.85 bits per heavy atom. The molecule has 1 fully saturated rings. The lowest BCUT2D eigenvalue weighted by molar-refractivity contribution is -0.133. The molecule has 1 amide bonds. The van der Waals surface area contributed by atoms with Gasteiger partial charge in [0.25, 0.3) is 0 Å². The first-order valence-electron chi connectivity index (χ1n) is 7.64. The van der Waals surface area contributed by atoms with Crippen LogP contribution in [0.25, 0.3) is 0 Å². The van der Waals surface area contributed by atoms with Crippen molar-refractivity contribution in [3.63, 3.8) is 0 Å². The summed E-state index contributed by atoms with van der Waals surface area (Å²) in [7, 11) is 1.91. The standard InChI is InChI=1S/C15H26N4O/c1-3-6-15(7-10-16-11-8-15)14(20)17-9-4-13-5-12-19(2)18-13/h5,12,16H,3-4,6-11H2,1-2H3,(H,17,20). The first kappa shape index (κ1) is 15.0. The molecule has 1 aromatic rings. The van der Waals surface area contributed by atoms with Crippen molar-refractivity contribution in [2.75, 3.05) is 19.6 Å². The Morgan fingerprint density at radius 2 is 2.25 bits per heavy atom. The Labute approximate surface area is 121 Å². The maximum atomic E-state index is 12.5. The third kappa shape index (κ3) is 3.60. The molecule has 0 radical (unpaired) electrons. The molecule has 5 heteroatoms. The number of nitrogens with one attached hydrogen (secondary N) is 2. The van der Waals surface area contributed by atoms with Gasteiger partial charge >= 0.3 is 0 Å². The van der Waals surface area contributed by atoms with E-state index in [4.69, 9.17) is 0 Å². The minimum atomic E-state index is -0.149. The van der Waals surface area contributed by atoms with Gasteiger partial charge in [-0.05, 0) is 38.4 Å². The summed E-state index contributed by atoms with van der Waals surface area (Å²) < 4.78 is 1.79. The van der Waals surface area contributed by atoms with Gasteiger partial charge in [0, 0.05) is 26.2 Å². The van der Waals surface area contributed by atoms with Crippen molar-refractivity contribution in [3.05, 3.63) is 18.0 Å². The molecule has 0 saturated carbocycles. The summed E-state index contributed by atoms with van der Waals surface area (Å²) in [5.41, 5.74) is 0.882. The SMILES string of the molecule is CCCC1(C(=O)NCCc2ccn(C)n2)CCNCC1. The van der Waals surface area contributed by atoms with E-state index in [0.29, 0.717) is 6.54 Å². The largest absolute Gasteiger partial charge is 0.355 e. The summed E-state index contributed by atoms with van der Waals surface area (Å²) >= 11 is 0. The van der Waals surface area contributed by atoms with Crippen LogP contribution in [-0.4, -0.2) is 35.3 Å². The fraction of sp³-hybridized carbons (Fsp3) is 0.733. The Balaban J connectivity index is 1.85. The normalized spacial score (nSPS) is 17.9. The third-order valence-electron chi connectivity index (χ3n) is 4.21. The third-order valence-corrected chi connectivity index (χ3v) is 4.21. The topological polar surface area (TPSA) is 59.0 Å². The van der Waals surface area contributed by atoms with Crippen LogP contribution in [-0.2, 0) is 18.3 Å². The van der Waals surface area contributed by atoms with Crippen LogP contribution >= 0.6 is 0 Å². The van der Waals surface area contributed by atoms with Gasteiger partial charge in [-0.25, -0.2) is 0 Å². The van der Waals surface area contributed by atoms with Gasteiger partial charge in [0.2, 0.25) is 5.91 Å². The summed E-state index contributed by atoms with van der Waals surface area (Å²) in [5.74, 6) is 0.233. The summed E-state index contributed by atoms with van der Waals surface area (Å²) in [5, 5.41) is 10.8. The number of nitrogens with zero attached hydrogens (tertiary/aromatic N) is 2. The van der Waals surface area contributed by atoms with E-state index >= 15 is 0 Å². The van der Waals surface area contributed by atoms with Gasteiger partial charge in [0.15, 0.2) is 0 Å². The lowest BCUT2D eigenvalue weighted by Crippen LogP contribution is -2.48. The Kier molecular flexibility index (Phi) is 5.17. The minimum Gasteiger partial charge on any atom is -0.355 e. The number of hydrogen-bond acceptors (Lipinski definition) is 3. The average molecular weight is 278 g/mol. The van der Waals surface area contributed by atoms with Crippen molar-refractivity contribution in [2.24, 2.45) is 12.5 Å². The van der Waals surface area contributed by atoms with E-state index < -0.39 is 0 Å². The highest BCUT2D eigenvalue weighted by Gasteiger charge is 2.38. The van der Waals surface area contributed by atoms with Gasteiger partial charge in [-0.15, -0.1) is 0 Å². The molecule has 20 heavy (non-hydrogen) atoms. The zero-order valence-electron chi connectivity index (χ0n) is 12.6. The molecule has 2 heterocycles. The minimum absolute atomic E-state index is 0.149. The second kappa shape index (κ2) is 6.88. The number of piperidine rings is 1. The van der Waals surface area contributed by atoms with Gasteiger partial charge < -0.3 is 10.6 Å². The summed E-state index contributed by atoms with van der Waals surface area (Å²) in [4.78, 5) is 12.5. The van der Waals surface area contributed by atoms with Gasteiger partial charge in [-0.1, -0.05) is 13.3 Å². The number of hydrogen-bond donors (Lipinski definition) is 2. The molecule has 5 nitrogen and oxygen atoms in total. The molecule has 1 aliphatic heterocycles. The molecule has 0 unspecified atom stereocenters. The number of rotatable bonds is 6. The Morgan fingerprint density at radius 1 is 1.50 bits per heavy atom. The molecule has 0 aromatic carbocycles. The molecule has 0 bridgehead atoms. The lowest BCUT2D eigenvalue weighted by Gasteiger charge is -2.36. The van der Waals surface area contributed by atoms with Crippen LogP contribution in [0.1, 0.15) is 38.3 Å². The molecule has 0 atom stereocenters. The molecule has 1 saturated heterocycles. The van der Waals surface area contributed by atoms with E-state index in [9.17, 15) is 4.79 Å². The molecular formula is C15H26N4O. The van der Waals surface area contributed by atoms with Gasteiger partial charge in [-0.2, -0.15) is 5.10 Å². The summed E-state index contributed by atoms with van der Waals surface area (Å²) in [6, 6.07) is 2.00. The predicted molar refractivity (Wildman–Crippen MR) is 79.4 cm³/mol. The first-order chi connectivity index (χ1) is 9.66. The number of carbonyl (C=O) groups is 1. The molecule has 1 aliphatic rings. The van der Waals surface area contributed by atoms with E-state index in [0.717, 1.165) is 50.9 Å². The Bertz CT molecular complexity index is 429. The van der Waals surface area contributed by atoms with Crippen LogP contribution < -0.4 is 10.6 Å². The Hall–Kier alpha value is -1.36. The lowest BCUT2D eigenvalue weighted by atomic mass is 9.74. The molecule has 0 spiro atoms. The van der Waals surface area contributed by atoms with Crippen LogP contribution in [0, 0.1) is 5.41 Å². The number of aromatic nitrogens is 2. The van der Waals surface area contributed by atoms with Crippen LogP contribution in [0.5, 0.6) is 0 Å². The van der Waals surface area contributed by atoms with Crippen LogP contribution in [0.2, 0.25) is 0 Å². The van der Waals surface area contributed by atoms with Crippen molar-refractivity contribution < 1.29 is 4.79 Å². The highest BCUT2D eigenvalue weighted by Crippen LogP contribution is 2.34.